The Morgan fingerprint density at radius 3 is 2.68 bits per heavy atom. The lowest BCUT2D eigenvalue weighted by atomic mass is 10.3. The van der Waals surface area contributed by atoms with Crippen molar-refractivity contribution in [2.45, 2.75) is 25.7 Å². The van der Waals surface area contributed by atoms with Gasteiger partial charge < -0.3 is 25.1 Å². The fourth-order valence-electron chi connectivity index (χ4n) is 1.42. The van der Waals surface area contributed by atoms with Crippen LogP contribution in [-0.2, 0) is 16.0 Å². The van der Waals surface area contributed by atoms with Crippen LogP contribution in [0, 0.1) is 0 Å². The third-order valence-electron chi connectivity index (χ3n) is 2.42. The molecule has 19 heavy (non-hydrogen) atoms. The molecule has 2 atom stereocenters. The Balaban J connectivity index is 2.23. The van der Waals surface area contributed by atoms with Gasteiger partial charge in [0.25, 0.3) is 0 Å². The Hall–Kier alpha value is -1.21. The van der Waals surface area contributed by atoms with Gasteiger partial charge in [-0.2, -0.15) is 0 Å². The smallest absolute Gasteiger partial charge is 0.137 e. The first-order valence-electron chi connectivity index (χ1n) is 6.22. The van der Waals surface area contributed by atoms with E-state index in [0.717, 1.165) is 5.69 Å². The summed E-state index contributed by atoms with van der Waals surface area (Å²) >= 11 is 0. The molecule has 0 aliphatic rings. The Labute approximate surface area is 113 Å². The first-order chi connectivity index (χ1) is 9.15. The number of nitrogens with zero attached hydrogens (tertiary/aromatic N) is 1. The van der Waals surface area contributed by atoms with Gasteiger partial charge in [0.15, 0.2) is 0 Å². The molecule has 0 radical (unpaired) electrons. The van der Waals surface area contributed by atoms with Crippen LogP contribution in [0.5, 0.6) is 5.75 Å². The summed E-state index contributed by atoms with van der Waals surface area (Å²) in [5, 5.41) is 9.70. The van der Waals surface area contributed by atoms with E-state index in [1.54, 1.807) is 25.4 Å². The highest BCUT2D eigenvalue weighted by Crippen LogP contribution is 2.09. The maximum absolute atomic E-state index is 9.70. The molecule has 1 heterocycles. The lowest BCUT2D eigenvalue weighted by Gasteiger charge is -2.16. The summed E-state index contributed by atoms with van der Waals surface area (Å²) in [6.45, 7) is 3.14. The maximum Gasteiger partial charge on any atom is 0.137 e. The fraction of sp³-hybridized carbons (Fsp3) is 0.615. The van der Waals surface area contributed by atoms with Gasteiger partial charge in [0.1, 0.15) is 18.5 Å². The number of ether oxygens (including phenoxy) is 3. The highest BCUT2D eigenvalue weighted by Gasteiger charge is 2.09. The second-order valence-corrected chi connectivity index (χ2v) is 4.25. The SMILES string of the molecule is COCC(C)OCC(O)COc1ccc(CN)nc1. The number of hydrogen-bond donors (Lipinski definition) is 2. The summed E-state index contributed by atoms with van der Waals surface area (Å²) < 4.78 is 15.7. The van der Waals surface area contributed by atoms with E-state index in [2.05, 4.69) is 4.98 Å². The van der Waals surface area contributed by atoms with E-state index in [1.165, 1.54) is 0 Å². The molecule has 2 unspecified atom stereocenters. The van der Waals surface area contributed by atoms with E-state index < -0.39 is 6.10 Å². The first-order valence-corrected chi connectivity index (χ1v) is 6.22. The van der Waals surface area contributed by atoms with Gasteiger partial charge in [-0.25, -0.2) is 0 Å². The predicted octanol–water partition coefficient (Wildman–Crippen LogP) is 0.332. The molecular weight excluding hydrogens is 248 g/mol. The number of aliphatic hydroxyl groups excluding tert-OH is 1. The molecule has 0 bridgehead atoms. The zero-order chi connectivity index (χ0) is 14.1. The molecule has 0 fully saturated rings. The molecule has 3 N–H and O–H groups in total. The van der Waals surface area contributed by atoms with Crippen molar-refractivity contribution in [2.75, 3.05) is 26.9 Å². The number of rotatable bonds is 9. The Morgan fingerprint density at radius 2 is 2.11 bits per heavy atom. The van der Waals surface area contributed by atoms with Crippen LogP contribution < -0.4 is 10.5 Å². The normalized spacial score (nSPS) is 14.1. The van der Waals surface area contributed by atoms with E-state index >= 15 is 0 Å². The average Bonchev–Trinajstić information content (AvgIpc) is 2.44. The Morgan fingerprint density at radius 1 is 1.32 bits per heavy atom. The molecule has 0 saturated heterocycles. The van der Waals surface area contributed by atoms with Crippen LogP contribution in [-0.4, -0.2) is 49.2 Å². The van der Waals surface area contributed by atoms with Gasteiger partial charge in [0.05, 0.1) is 31.2 Å². The zero-order valence-corrected chi connectivity index (χ0v) is 11.4. The third kappa shape index (κ3) is 6.49. The summed E-state index contributed by atoms with van der Waals surface area (Å²) in [5.74, 6) is 0.598. The zero-order valence-electron chi connectivity index (χ0n) is 11.4. The van der Waals surface area contributed by atoms with Crippen LogP contribution in [0.15, 0.2) is 18.3 Å². The molecule has 6 nitrogen and oxygen atoms in total. The standard InChI is InChI=1S/C13H22N2O4/c1-10(7-17-2)18-8-12(16)9-19-13-4-3-11(5-14)15-6-13/h3-4,6,10,12,16H,5,7-9,14H2,1-2H3. The molecule has 1 rings (SSSR count). The van der Waals surface area contributed by atoms with E-state index in [-0.39, 0.29) is 19.3 Å². The summed E-state index contributed by atoms with van der Waals surface area (Å²) in [4.78, 5) is 4.09. The van der Waals surface area contributed by atoms with Gasteiger partial charge in [-0.15, -0.1) is 0 Å². The fourth-order valence-corrected chi connectivity index (χ4v) is 1.42. The number of hydrogen-bond acceptors (Lipinski definition) is 6. The Kier molecular flexibility index (Phi) is 7.35. The quantitative estimate of drug-likeness (QED) is 0.672. The van der Waals surface area contributed by atoms with Crippen LogP contribution >= 0.6 is 0 Å². The minimum atomic E-state index is -0.687. The molecule has 0 aliphatic carbocycles. The molecule has 0 amide bonds. The van der Waals surface area contributed by atoms with Crippen molar-refractivity contribution in [2.24, 2.45) is 5.73 Å². The van der Waals surface area contributed by atoms with Gasteiger partial charge in [-0.3, -0.25) is 4.98 Å². The molecule has 1 aromatic rings. The van der Waals surface area contributed by atoms with Gasteiger partial charge in [0.2, 0.25) is 0 Å². The number of nitrogens with two attached hydrogens (primary N) is 1. The van der Waals surface area contributed by atoms with Crippen LogP contribution in [0.3, 0.4) is 0 Å². The molecule has 108 valence electrons. The molecule has 0 spiro atoms. The van der Waals surface area contributed by atoms with E-state index in [9.17, 15) is 5.11 Å². The first kappa shape index (κ1) is 15.8. The van der Waals surface area contributed by atoms with Crippen molar-refractivity contribution in [3.63, 3.8) is 0 Å². The van der Waals surface area contributed by atoms with E-state index in [0.29, 0.717) is 18.9 Å². The predicted molar refractivity (Wildman–Crippen MR) is 70.9 cm³/mol. The number of aliphatic hydroxyl groups is 1. The summed E-state index contributed by atoms with van der Waals surface area (Å²) in [5.41, 5.74) is 6.24. The molecule has 1 aromatic heterocycles. The minimum Gasteiger partial charge on any atom is -0.489 e. The van der Waals surface area contributed by atoms with Crippen molar-refractivity contribution < 1.29 is 19.3 Å². The van der Waals surface area contributed by atoms with E-state index in [1.807, 2.05) is 6.92 Å². The highest BCUT2D eigenvalue weighted by molar-refractivity contribution is 5.19. The van der Waals surface area contributed by atoms with Gasteiger partial charge in [-0.1, -0.05) is 0 Å². The van der Waals surface area contributed by atoms with Crippen molar-refractivity contribution in [1.82, 2.24) is 4.98 Å². The molecule has 0 aromatic carbocycles. The molecular formula is C13H22N2O4. The lowest BCUT2D eigenvalue weighted by Crippen LogP contribution is -2.27. The van der Waals surface area contributed by atoms with Crippen molar-refractivity contribution in [3.8, 4) is 5.75 Å². The van der Waals surface area contributed by atoms with Crippen LogP contribution in [0.25, 0.3) is 0 Å². The largest absolute Gasteiger partial charge is 0.489 e. The Bertz CT molecular complexity index is 345. The van der Waals surface area contributed by atoms with Crippen molar-refractivity contribution in [1.29, 1.82) is 0 Å². The number of aromatic nitrogens is 1. The monoisotopic (exact) mass is 270 g/mol. The topological polar surface area (TPSA) is 86.8 Å². The van der Waals surface area contributed by atoms with Crippen LogP contribution in [0.4, 0.5) is 0 Å². The van der Waals surface area contributed by atoms with Gasteiger partial charge in [0, 0.05) is 13.7 Å². The van der Waals surface area contributed by atoms with Crippen molar-refractivity contribution >= 4 is 0 Å². The second kappa shape index (κ2) is 8.82. The van der Waals surface area contributed by atoms with Crippen LogP contribution in [0.1, 0.15) is 12.6 Å². The maximum atomic E-state index is 9.70. The third-order valence-corrected chi connectivity index (χ3v) is 2.42. The summed E-state index contributed by atoms with van der Waals surface area (Å²) in [6.07, 6.45) is 0.849. The molecule has 6 heteroatoms. The van der Waals surface area contributed by atoms with E-state index in [4.69, 9.17) is 19.9 Å². The number of pyridine rings is 1. The highest BCUT2D eigenvalue weighted by atomic mass is 16.5. The van der Waals surface area contributed by atoms with Crippen molar-refractivity contribution in [3.05, 3.63) is 24.0 Å². The summed E-state index contributed by atoms with van der Waals surface area (Å²) in [7, 11) is 1.61. The van der Waals surface area contributed by atoms with Gasteiger partial charge in [-0.05, 0) is 19.1 Å². The number of methoxy groups -OCH3 is 1. The average molecular weight is 270 g/mol. The lowest BCUT2D eigenvalue weighted by molar-refractivity contribution is -0.0423. The van der Waals surface area contributed by atoms with Gasteiger partial charge >= 0.3 is 0 Å². The second-order valence-electron chi connectivity index (χ2n) is 4.25. The summed E-state index contributed by atoms with van der Waals surface area (Å²) in [6, 6.07) is 3.56. The molecule has 0 aliphatic heterocycles. The van der Waals surface area contributed by atoms with Crippen LogP contribution in [0.2, 0.25) is 0 Å². The molecule has 0 saturated carbocycles. The minimum absolute atomic E-state index is 0.0508.